The second-order valence-electron chi connectivity index (χ2n) is 6.75. The van der Waals surface area contributed by atoms with Gasteiger partial charge in [0.1, 0.15) is 5.84 Å². The minimum Gasteiger partial charge on any atom is -0.381 e. The van der Waals surface area contributed by atoms with E-state index in [1.807, 2.05) is 28.9 Å². The number of hydrogen-bond donors (Lipinski definition) is 1. The molecule has 136 valence electrons. The Morgan fingerprint density at radius 2 is 2.08 bits per heavy atom. The van der Waals surface area contributed by atoms with Gasteiger partial charge in [-0.2, -0.15) is 10.1 Å². The summed E-state index contributed by atoms with van der Waals surface area (Å²) in [5.41, 5.74) is 1.29. The molecule has 1 aromatic carbocycles. The van der Waals surface area contributed by atoms with Crippen LogP contribution in [0.25, 0.3) is 10.9 Å². The molecule has 2 aliphatic heterocycles. The highest BCUT2D eigenvalue weighted by molar-refractivity contribution is 6.15. The van der Waals surface area contributed by atoms with E-state index in [1.54, 1.807) is 7.05 Å². The largest absolute Gasteiger partial charge is 0.381 e. The van der Waals surface area contributed by atoms with Gasteiger partial charge in [-0.1, -0.05) is 18.2 Å². The lowest BCUT2D eigenvalue weighted by atomic mass is 10.0. The monoisotopic (exact) mass is 355 g/mol. The van der Waals surface area contributed by atoms with Crippen LogP contribution in [-0.4, -0.2) is 59.3 Å². The van der Waals surface area contributed by atoms with Crippen molar-refractivity contribution in [3.8, 4) is 0 Å². The number of ether oxygens (including phenoxy) is 1. The summed E-state index contributed by atoms with van der Waals surface area (Å²) in [7, 11) is 1.64. The molecule has 3 heterocycles. The first-order valence-corrected chi connectivity index (χ1v) is 8.79. The predicted molar refractivity (Wildman–Crippen MR) is 96.2 cm³/mol. The second kappa shape index (κ2) is 6.87. The maximum Gasteiger partial charge on any atom is 0.345 e. The van der Waals surface area contributed by atoms with Crippen LogP contribution in [-0.2, 0) is 11.3 Å². The molecule has 1 saturated heterocycles. The van der Waals surface area contributed by atoms with Crippen LogP contribution < -0.4 is 5.32 Å². The number of hydrogen-bond acceptors (Lipinski definition) is 4. The topological polar surface area (TPSA) is 88.8 Å². The maximum atomic E-state index is 12.7. The second-order valence-corrected chi connectivity index (χ2v) is 6.75. The van der Waals surface area contributed by atoms with E-state index in [9.17, 15) is 9.59 Å². The Balaban J connectivity index is 1.59. The van der Waals surface area contributed by atoms with E-state index in [1.165, 1.54) is 4.90 Å². The molecule has 1 fully saturated rings. The van der Waals surface area contributed by atoms with E-state index in [0.29, 0.717) is 24.0 Å². The molecule has 1 N–H and O–H groups in total. The van der Waals surface area contributed by atoms with Crippen molar-refractivity contribution in [2.75, 3.05) is 26.8 Å². The Bertz CT molecular complexity index is 882. The number of para-hydroxylation sites is 1. The van der Waals surface area contributed by atoms with Gasteiger partial charge in [0.05, 0.1) is 12.1 Å². The molecule has 4 rings (SSSR count). The van der Waals surface area contributed by atoms with Crippen molar-refractivity contribution in [3.05, 3.63) is 30.0 Å². The van der Waals surface area contributed by atoms with E-state index < -0.39 is 0 Å². The van der Waals surface area contributed by atoms with Gasteiger partial charge in [0.2, 0.25) is 0 Å². The molecule has 1 aromatic heterocycles. The molecule has 0 atom stereocenters. The molecule has 0 radical (unpaired) electrons. The van der Waals surface area contributed by atoms with Crippen LogP contribution in [0.1, 0.15) is 23.3 Å². The lowest BCUT2D eigenvalue weighted by Crippen LogP contribution is -2.34. The summed E-state index contributed by atoms with van der Waals surface area (Å²) in [6.45, 7) is 2.61. The summed E-state index contributed by atoms with van der Waals surface area (Å²) in [4.78, 5) is 29.5. The SMILES string of the molecule is CN1CC(NC(=O)c2nn(CC3CCOCC3)c3ccccc23)=NC1=O. The average molecular weight is 355 g/mol. The van der Waals surface area contributed by atoms with Crippen molar-refractivity contribution >= 4 is 28.7 Å². The van der Waals surface area contributed by atoms with E-state index in [-0.39, 0.29) is 11.9 Å². The van der Waals surface area contributed by atoms with Crippen molar-refractivity contribution in [1.82, 2.24) is 20.0 Å². The van der Waals surface area contributed by atoms with Crippen molar-refractivity contribution in [1.29, 1.82) is 0 Å². The van der Waals surface area contributed by atoms with Crippen LogP contribution in [0.15, 0.2) is 29.3 Å². The highest BCUT2D eigenvalue weighted by atomic mass is 16.5. The maximum absolute atomic E-state index is 12.7. The molecule has 0 aliphatic carbocycles. The first kappa shape index (κ1) is 16.7. The van der Waals surface area contributed by atoms with Gasteiger partial charge < -0.3 is 15.0 Å². The van der Waals surface area contributed by atoms with Gasteiger partial charge in [0.15, 0.2) is 5.69 Å². The quantitative estimate of drug-likeness (QED) is 0.907. The summed E-state index contributed by atoms with van der Waals surface area (Å²) in [6.07, 6.45) is 2.00. The van der Waals surface area contributed by atoms with E-state index in [2.05, 4.69) is 15.4 Å². The van der Waals surface area contributed by atoms with E-state index >= 15 is 0 Å². The van der Waals surface area contributed by atoms with Gasteiger partial charge in [-0.3, -0.25) is 9.48 Å². The lowest BCUT2D eigenvalue weighted by molar-refractivity contribution is 0.0604. The fourth-order valence-corrected chi connectivity index (χ4v) is 3.39. The average Bonchev–Trinajstić information content (AvgIpc) is 3.16. The van der Waals surface area contributed by atoms with Gasteiger partial charge in [0, 0.05) is 32.2 Å². The first-order chi connectivity index (χ1) is 12.6. The van der Waals surface area contributed by atoms with Crippen molar-refractivity contribution in [2.24, 2.45) is 10.9 Å². The van der Waals surface area contributed by atoms with Crippen molar-refractivity contribution in [2.45, 2.75) is 19.4 Å². The number of carbonyl (C=O) groups excluding carboxylic acids is 2. The van der Waals surface area contributed by atoms with Crippen LogP contribution in [0, 0.1) is 5.92 Å². The molecule has 8 heteroatoms. The third kappa shape index (κ3) is 3.20. The Hall–Kier alpha value is -2.74. The van der Waals surface area contributed by atoms with Gasteiger partial charge in [-0.25, -0.2) is 4.79 Å². The third-order valence-electron chi connectivity index (χ3n) is 4.85. The molecule has 2 aliphatic rings. The number of likely N-dealkylation sites (N-methyl/N-ethyl adjacent to an activating group) is 1. The molecule has 0 saturated carbocycles. The van der Waals surface area contributed by atoms with Crippen LogP contribution in [0.3, 0.4) is 0 Å². The third-order valence-corrected chi connectivity index (χ3v) is 4.85. The number of nitrogens with one attached hydrogen (secondary N) is 1. The van der Waals surface area contributed by atoms with Gasteiger partial charge >= 0.3 is 6.03 Å². The highest BCUT2D eigenvalue weighted by Crippen LogP contribution is 2.23. The highest BCUT2D eigenvalue weighted by Gasteiger charge is 2.24. The first-order valence-electron chi connectivity index (χ1n) is 8.79. The van der Waals surface area contributed by atoms with Crippen LogP contribution in [0.4, 0.5) is 4.79 Å². The van der Waals surface area contributed by atoms with Gasteiger partial charge in [0.25, 0.3) is 5.91 Å². The lowest BCUT2D eigenvalue weighted by Gasteiger charge is -2.22. The van der Waals surface area contributed by atoms with Gasteiger partial charge in [-0.15, -0.1) is 0 Å². The molecule has 3 amide bonds. The van der Waals surface area contributed by atoms with E-state index in [4.69, 9.17) is 4.74 Å². The summed E-state index contributed by atoms with van der Waals surface area (Å²) in [5, 5.41) is 8.09. The van der Waals surface area contributed by atoms with Crippen molar-refractivity contribution in [3.63, 3.8) is 0 Å². The standard InChI is InChI=1S/C18H21N5O3/c1-22-11-15(20-18(22)25)19-17(24)16-13-4-2-3-5-14(13)23(21-16)10-12-6-8-26-9-7-12/h2-5,12H,6-11H2,1H3,(H,19,20,24,25). The van der Waals surface area contributed by atoms with Crippen molar-refractivity contribution < 1.29 is 14.3 Å². The number of amidine groups is 1. The number of nitrogens with zero attached hydrogens (tertiary/aromatic N) is 4. The Morgan fingerprint density at radius 1 is 1.31 bits per heavy atom. The van der Waals surface area contributed by atoms with Crippen LogP contribution in [0.5, 0.6) is 0 Å². The molecule has 0 unspecified atom stereocenters. The summed E-state index contributed by atoms with van der Waals surface area (Å²) in [5.74, 6) is 0.507. The predicted octanol–water partition coefficient (Wildman–Crippen LogP) is 1.66. The van der Waals surface area contributed by atoms with Crippen LogP contribution in [0.2, 0.25) is 0 Å². The number of amides is 3. The number of fused-ring (bicyclic) bond motifs is 1. The molecular formula is C18H21N5O3. The Kier molecular flexibility index (Phi) is 4.42. The number of aromatic nitrogens is 2. The minimum atomic E-state index is -0.352. The summed E-state index contributed by atoms with van der Waals surface area (Å²) in [6, 6.07) is 7.36. The summed E-state index contributed by atoms with van der Waals surface area (Å²) < 4.78 is 7.33. The number of aliphatic imine (C=N–C) groups is 1. The zero-order valence-electron chi connectivity index (χ0n) is 14.6. The minimum absolute atomic E-state index is 0.297. The van der Waals surface area contributed by atoms with Gasteiger partial charge in [-0.05, 0) is 24.8 Å². The Morgan fingerprint density at radius 3 is 2.81 bits per heavy atom. The van der Waals surface area contributed by atoms with E-state index in [0.717, 1.165) is 43.5 Å². The molecule has 0 bridgehead atoms. The number of benzene rings is 1. The zero-order chi connectivity index (χ0) is 18.1. The number of urea groups is 1. The number of carbonyl (C=O) groups is 2. The normalized spacial score (nSPS) is 18.4. The molecule has 26 heavy (non-hydrogen) atoms. The zero-order valence-corrected chi connectivity index (χ0v) is 14.6. The Labute approximate surface area is 150 Å². The fourth-order valence-electron chi connectivity index (χ4n) is 3.39. The van der Waals surface area contributed by atoms with Crippen LogP contribution >= 0.6 is 0 Å². The molecule has 2 aromatic rings. The fraction of sp³-hybridized carbons (Fsp3) is 0.444. The molecular weight excluding hydrogens is 334 g/mol. The summed E-state index contributed by atoms with van der Waals surface area (Å²) >= 11 is 0. The number of rotatable bonds is 3. The molecule has 8 nitrogen and oxygen atoms in total. The molecule has 0 spiro atoms. The smallest absolute Gasteiger partial charge is 0.345 e.